The summed E-state index contributed by atoms with van der Waals surface area (Å²) in [5.41, 5.74) is 0.583. The van der Waals surface area contributed by atoms with Crippen LogP contribution in [0.5, 0.6) is 0 Å². The third kappa shape index (κ3) is 2.12. The Morgan fingerprint density at radius 3 is 2.83 bits per heavy atom. The first-order chi connectivity index (χ1) is 8.58. The number of aromatic nitrogens is 1. The van der Waals surface area contributed by atoms with Gasteiger partial charge < -0.3 is 10.2 Å². The second-order valence-corrected chi connectivity index (χ2v) is 5.31. The molecule has 2 rings (SSSR count). The summed E-state index contributed by atoms with van der Waals surface area (Å²) in [6.45, 7) is 5.95. The first-order valence-corrected chi connectivity index (χ1v) is 6.47. The van der Waals surface area contributed by atoms with Gasteiger partial charge in [0.25, 0.3) is 0 Å². The quantitative estimate of drug-likeness (QED) is 0.884. The number of nitrogens with zero attached hydrogens (tertiary/aromatic N) is 2. The van der Waals surface area contributed by atoms with E-state index in [1.165, 1.54) is 0 Å². The fraction of sp³-hybridized carbons (Fsp3) is 0.571. The van der Waals surface area contributed by atoms with Gasteiger partial charge in [-0.1, -0.05) is 13.8 Å². The predicted molar refractivity (Wildman–Crippen MR) is 72.4 cm³/mol. The summed E-state index contributed by atoms with van der Waals surface area (Å²) >= 11 is 0. The van der Waals surface area contributed by atoms with Gasteiger partial charge in [0.15, 0.2) is 0 Å². The van der Waals surface area contributed by atoms with Crippen molar-refractivity contribution in [3.63, 3.8) is 0 Å². The molecule has 0 bridgehead atoms. The van der Waals surface area contributed by atoms with Crippen LogP contribution in [-0.4, -0.2) is 31.0 Å². The largest absolute Gasteiger partial charge is 0.316 e. The normalized spacial score (nSPS) is 23.3. The molecule has 0 spiro atoms. The van der Waals surface area contributed by atoms with Gasteiger partial charge in [-0.15, -0.1) is 0 Å². The SMILES string of the molecule is CC(C)C1(C(=O)N(C)c2cccnc2)CCNC1. The second-order valence-electron chi connectivity index (χ2n) is 5.31. The van der Waals surface area contributed by atoms with Gasteiger partial charge in [0.1, 0.15) is 0 Å². The molecule has 1 aromatic rings. The molecule has 98 valence electrons. The Morgan fingerprint density at radius 1 is 1.56 bits per heavy atom. The maximum atomic E-state index is 12.8. The van der Waals surface area contributed by atoms with Gasteiger partial charge in [0, 0.05) is 19.8 Å². The molecule has 1 aromatic heterocycles. The maximum absolute atomic E-state index is 12.8. The summed E-state index contributed by atoms with van der Waals surface area (Å²) in [7, 11) is 1.84. The van der Waals surface area contributed by atoms with Gasteiger partial charge >= 0.3 is 0 Å². The smallest absolute Gasteiger partial charge is 0.234 e. The molecule has 1 saturated heterocycles. The highest BCUT2D eigenvalue weighted by Gasteiger charge is 2.45. The highest BCUT2D eigenvalue weighted by Crippen LogP contribution is 2.36. The zero-order chi connectivity index (χ0) is 13.2. The Kier molecular flexibility index (Phi) is 3.66. The summed E-state index contributed by atoms with van der Waals surface area (Å²) in [6.07, 6.45) is 4.36. The fourth-order valence-corrected chi connectivity index (χ4v) is 2.64. The first kappa shape index (κ1) is 13.0. The van der Waals surface area contributed by atoms with Gasteiger partial charge in [-0.2, -0.15) is 0 Å². The average molecular weight is 247 g/mol. The van der Waals surface area contributed by atoms with Gasteiger partial charge in [-0.25, -0.2) is 0 Å². The van der Waals surface area contributed by atoms with Crippen molar-refractivity contribution >= 4 is 11.6 Å². The lowest BCUT2D eigenvalue weighted by Gasteiger charge is -2.35. The van der Waals surface area contributed by atoms with Crippen LogP contribution in [-0.2, 0) is 4.79 Å². The minimum absolute atomic E-state index is 0.190. The van der Waals surface area contributed by atoms with Crippen molar-refractivity contribution in [3.8, 4) is 0 Å². The van der Waals surface area contributed by atoms with E-state index >= 15 is 0 Å². The Balaban J connectivity index is 2.25. The predicted octanol–water partition coefficient (Wildman–Crippen LogP) is 1.68. The van der Waals surface area contributed by atoms with Gasteiger partial charge in [-0.05, 0) is 31.0 Å². The van der Waals surface area contributed by atoms with Crippen LogP contribution in [0.25, 0.3) is 0 Å². The molecule has 1 unspecified atom stereocenters. The van der Waals surface area contributed by atoms with Crippen LogP contribution >= 0.6 is 0 Å². The van der Waals surface area contributed by atoms with E-state index in [0.717, 1.165) is 25.2 Å². The summed E-state index contributed by atoms with van der Waals surface area (Å²) in [4.78, 5) is 18.6. The molecule has 0 aliphatic carbocycles. The lowest BCUT2D eigenvalue weighted by Crippen LogP contribution is -2.47. The van der Waals surface area contributed by atoms with Gasteiger partial charge in [0.2, 0.25) is 5.91 Å². The number of carbonyl (C=O) groups is 1. The van der Waals surface area contributed by atoms with Crippen molar-refractivity contribution in [2.45, 2.75) is 20.3 Å². The van der Waals surface area contributed by atoms with E-state index in [1.54, 1.807) is 17.3 Å². The fourth-order valence-electron chi connectivity index (χ4n) is 2.64. The van der Waals surface area contributed by atoms with Crippen molar-refractivity contribution in [2.75, 3.05) is 25.0 Å². The van der Waals surface area contributed by atoms with Crippen LogP contribution in [0.1, 0.15) is 20.3 Å². The molecule has 1 atom stereocenters. The minimum atomic E-state index is -0.273. The number of amides is 1. The van der Waals surface area contributed by atoms with E-state index < -0.39 is 0 Å². The monoisotopic (exact) mass is 247 g/mol. The van der Waals surface area contributed by atoms with Crippen LogP contribution in [0.3, 0.4) is 0 Å². The number of anilines is 1. The third-order valence-electron chi connectivity index (χ3n) is 4.06. The molecule has 1 amide bonds. The Morgan fingerprint density at radius 2 is 2.33 bits per heavy atom. The lowest BCUT2D eigenvalue weighted by molar-refractivity contribution is -0.129. The molecule has 0 radical (unpaired) electrons. The summed E-state index contributed by atoms with van der Waals surface area (Å²) < 4.78 is 0. The highest BCUT2D eigenvalue weighted by atomic mass is 16.2. The van der Waals surface area contributed by atoms with Crippen molar-refractivity contribution in [2.24, 2.45) is 11.3 Å². The topological polar surface area (TPSA) is 45.2 Å². The van der Waals surface area contributed by atoms with Gasteiger partial charge in [-0.3, -0.25) is 9.78 Å². The zero-order valence-electron chi connectivity index (χ0n) is 11.3. The highest BCUT2D eigenvalue weighted by molar-refractivity contribution is 5.97. The second kappa shape index (κ2) is 5.06. The molecular weight excluding hydrogens is 226 g/mol. The molecule has 0 aromatic carbocycles. The van der Waals surface area contributed by atoms with Crippen molar-refractivity contribution in [1.29, 1.82) is 0 Å². The molecule has 1 aliphatic heterocycles. The molecule has 1 fully saturated rings. The number of hydrogen-bond donors (Lipinski definition) is 1. The summed E-state index contributed by atoms with van der Waals surface area (Å²) in [5, 5.41) is 3.32. The Labute approximate surface area is 108 Å². The van der Waals surface area contributed by atoms with E-state index in [9.17, 15) is 4.79 Å². The number of hydrogen-bond acceptors (Lipinski definition) is 3. The third-order valence-corrected chi connectivity index (χ3v) is 4.06. The molecular formula is C14H21N3O. The van der Waals surface area contributed by atoms with E-state index in [-0.39, 0.29) is 11.3 Å². The molecule has 4 nitrogen and oxygen atoms in total. The minimum Gasteiger partial charge on any atom is -0.316 e. The zero-order valence-corrected chi connectivity index (χ0v) is 11.3. The molecule has 18 heavy (non-hydrogen) atoms. The molecule has 4 heteroatoms. The number of pyridine rings is 1. The standard InChI is InChI=1S/C14H21N3O/c1-11(2)14(6-8-16-10-14)13(18)17(3)12-5-4-7-15-9-12/h4-5,7,9,11,16H,6,8,10H2,1-3H3. The van der Waals surface area contributed by atoms with Crippen molar-refractivity contribution in [3.05, 3.63) is 24.5 Å². The van der Waals surface area contributed by atoms with Crippen LogP contribution < -0.4 is 10.2 Å². The maximum Gasteiger partial charge on any atom is 0.234 e. The van der Waals surface area contributed by atoms with Crippen LogP contribution in [0.15, 0.2) is 24.5 Å². The van der Waals surface area contributed by atoms with E-state index in [2.05, 4.69) is 24.1 Å². The van der Waals surface area contributed by atoms with Gasteiger partial charge in [0.05, 0.1) is 17.3 Å². The number of nitrogens with one attached hydrogen (secondary N) is 1. The van der Waals surface area contributed by atoms with Crippen LogP contribution in [0.4, 0.5) is 5.69 Å². The number of rotatable bonds is 3. The average Bonchev–Trinajstić information content (AvgIpc) is 2.88. The van der Waals surface area contributed by atoms with E-state index in [1.807, 2.05) is 19.2 Å². The molecule has 0 saturated carbocycles. The summed E-state index contributed by atoms with van der Waals surface area (Å²) in [6, 6.07) is 3.77. The molecule has 1 aliphatic rings. The molecule has 1 N–H and O–H groups in total. The van der Waals surface area contributed by atoms with Crippen LogP contribution in [0.2, 0.25) is 0 Å². The van der Waals surface area contributed by atoms with Crippen molar-refractivity contribution in [1.82, 2.24) is 10.3 Å². The Bertz CT molecular complexity index is 410. The van der Waals surface area contributed by atoms with Crippen LogP contribution in [0, 0.1) is 11.3 Å². The number of carbonyl (C=O) groups excluding carboxylic acids is 1. The van der Waals surface area contributed by atoms with Crippen molar-refractivity contribution < 1.29 is 4.79 Å². The Hall–Kier alpha value is -1.42. The first-order valence-electron chi connectivity index (χ1n) is 6.47. The van der Waals surface area contributed by atoms with E-state index in [4.69, 9.17) is 0 Å². The van der Waals surface area contributed by atoms with E-state index in [0.29, 0.717) is 5.92 Å². The molecule has 2 heterocycles. The summed E-state index contributed by atoms with van der Waals surface area (Å²) in [5.74, 6) is 0.523. The lowest BCUT2D eigenvalue weighted by atomic mass is 9.75.